The number of carbonyl (C=O) groups is 2. The summed E-state index contributed by atoms with van der Waals surface area (Å²) in [6.45, 7) is 1.95. The molecule has 2 aromatic rings. The van der Waals surface area contributed by atoms with Crippen LogP contribution in [-0.4, -0.2) is 69.6 Å². The molecule has 2 aromatic carbocycles. The van der Waals surface area contributed by atoms with Crippen LogP contribution >= 0.6 is 0 Å². The van der Waals surface area contributed by atoms with Crippen molar-refractivity contribution < 1.29 is 38.1 Å². The summed E-state index contributed by atoms with van der Waals surface area (Å²) in [5.41, 5.74) is 3.68. The average molecular weight is 485 g/mol. The van der Waals surface area contributed by atoms with Gasteiger partial charge in [-0.3, -0.25) is 0 Å². The molecular formula is C27H34NO7+. The lowest BCUT2D eigenvalue weighted by Gasteiger charge is -2.46. The first-order chi connectivity index (χ1) is 16.8. The van der Waals surface area contributed by atoms with E-state index in [2.05, 4.69) is 31.3 Å². The van der Waals surface area contributed by atoms with E-state index in [0.29, 0.717) is 12.2 Å². The van der Waals surface area contributed by atoms with Gasteiger partial charge in [0.25, 0.3) is 0 Å². The SMILES string of the molecule is COc1ccc(CC2c3cc(OC)c(OC)cc3CC[N+]2(C)CCCOC(=O)/C=C\C(=O)O)cc1. The lowest BCUT2D eigenvalue weighted by Crippen LogP contribution is -2.52. The summed E-state index contributed by atoms with van der Waals surface area (Å²) in [5.74, 6) is 0.428. The molecule has 1 aliphatic heterocycles. The number of aliphatic carboxylic acids is 1. The highest BCUT2D eigenvalue weighted by molar-refractivity contribution is 5.90. The molecule has 0 aromatic heterocycles. The van der Waals surface area contributed by atoms with E-state index in [1.807, 2.05) is 12.1 Å². The minimum absolute atomic E-state index is 0.162. The van der Waals surface area contributed by atoms with Gasteiger partial charge in [0, 0.05) is 37.0 Å². The van der Waals surface area contributed by atoms with E-state index in [9.17, 15) is 9.59 Å². The Hall–Kier alpha value is -3.52. The molecule has 1 N–H and O–H groups in total. The summed E-state index contributed by atoms with van der Waals surface area (Å²) < 4.78 is 22.4. The summed E-state index contributed by atoms with van der Waals surface area (Å²) >= 11 is 0. The molecule has 0 fully saturated rings. The third kappa shape index (κ3) is 6.54. The van der Waals surface area contributed by atoms with E-state index in [1.165, 1.54) is 16.7 Å². The zero-order valence-electron chi connectivity index (χ0n) is 20.8. The Morgan fingerprint density at radius 1 is 1.03 bits per heavy atom. The van der Waals surface area contributed by atoms with Crippen LogP contribution in [0.5, 0.6) is 17.2 Å². The van der Waals surface area contributed by atoms with Crippen molar-refractivity contribution in [3.05, 3.63) is 65.2 Å². The van der Waals surface area contributed by atoms with Crippen LogP contribution in [0.3, 0.4) is 0 Å². The van der Waals surface area contributed by atoms with Crippen molar-refractivity contribution in [3.63, 3.8) is 0 Å². The predicted octanol–water partition coefficient (Wildman–Crippen LogP) is 3.57. The molecule has 2 unspecified atom stereocenters. The monoisotopic (exact) mass is 484 g/mol. The highest BCUT2D eigenvalue weighted by atomic mass is 16.5. The zero-order valence-corrected chi connectivity index (χ0v) is 20.8. The normalized spacial score (nSPS) is 19.1. The molecule has 2 atom stereocenters. The van der Waals surface area contributed by atoms with E-state index < -0.39 is 11.9 Å². The van der Waals surface area contributed by atoms with Gasteiger partial charge in [0.05, 0.1) is 48.1 Å². The second-order valence-electron chi connectivity index (χ2n) is 8.84. The third-order valence-electron chi connectivity index (χ3n) is 6.66. The number of rotatable bonds is 11. The lowest BCUT2D eigenvalue weighted by molar-refractivity contribution is -0.941. The second kappa shape index (κ2) is 11.8. The minimum Gasteiger partial charge on any atom is -0.497 e. The van der Waals surface area contributed by atoms with E-state index >= 15 is 0 Å². The average Bonchev–Trinajstić information content (AvgIpc) is 2.86. The van der Waals surface area contributed by atoms with Crippen LogP contribution in [0.4, 0.5) is 0 Å². The topological polar surface area (TPSA) is 91.3 Å². The van der Waals surface area contributed by atoms with E-state index in [1.54, 1.807) is 21.3 Å². The van der Waals surface area contributed by atoms with Gasteiger partial charge in [-0.25, -0.2) is 9.59 Å². The van der Waals surface area contributed by atoms with Crippen LogP contribution in [0.25, 0.3) is 0 Å². The molecule has 3 rings (SSSR count). The van der Waals surface area contributed by atoms with Gasteiger partial charge in [0.15, 0.2) is 11.5 Å². The van der Waals surface area contributed by atoms with Gasteiger partial charge in [0.2, 0.25) is 0 Å². The van der Waals surface area contributed by atoms with Gasteiger partial charge in [-0.1, -0.05) is 12.1 Å². The number of quaternary nitrogens is 1. The van der Waals surface area contributed by atoms with Crippen LogP contribution in [0.2, 0.25) is 0 Å². The van der Waals surface area contributed by atoms with Crippen molar-refractivity contribution in [2.75, 3.05) is 48.1 Å². The lowest BCUT2D eigenvalue weighted by atomic mass is 9.86. The van der Waals surface area contributed by atoms with Crippen molar-refractivity contribution in [2.24, 2.45) is 0 Å². The maximum atomic E-state index is 11.7. The molecule has 0 spiro atoms. The number of carboxylic acids is 1. The van der Waals surface area contributed by atoms with E-state index in [4.69, 9.17) is 24.1 Å². The van der Waals surface area contributed by atoms with Crippen molar-refractivity contribution in [3.8, 4) is 17.2 Å². The molecule has 8 nitrogen and oxygen atoms in total. The second-order valence-corrected chi connectivity index (χ2v) is 8.84. The molecular weight excluding hydrogens is 450 g/mol. The first-order valence-corrected chi connectivity index (χ1v) is 11.6. The molecule has 188 valence electrons. The number of nitrogens with zero attached hydrogens (tertiary/aromatic N) is 1. The summed E-state index contributed by atoms with van der Waals surface area (Å²) in [4.78, 5) is 22.3. The number of methoxy groups -OCH3 is 3. The summed E-state index contributed by atoms with van der Waals surface area (Å²) in [6.07, 6.45) is 4.09. The number of hydrogen-bond donors (Lipinski definition) is 1. The van der Waals surface area contributed by atoms with Crippen LogP contribution < -0.4 is 14.2 Å². The molecule has 0 amide bonds. The smallest absolute Gasteiger partial charge is 0.331 e. The van der Waals surface area contributed by atoms with Crippen molar-refractivity contribution >= 4 is 11.9 Å². The van der Waals surface area contributed by atoms with Crippen LogP contribution in [0.15, 0.2) is 48.6 Å². The predicted molar refractivity (Wildman–Crippen MR) is 131 cm³/mol. The number of likely N-dealkylation sites (N-methyl/N-ethyl adjacent to an activating group) is 1. The first kappa shape index (κ1) is 26.1. The number of ether oxygens (including phenoxy) is 4. The number of carboxylic acid groups (broad SMARTS) is 1. The fourth-order valence-electron chi connectivity index (χ4n) is 4.70. The highest BCUT2D eigenvalue weighted by Crippen LogP contribution is 2.42. The fraction of sp³-hybridized carbons (Fsp3) is 0.407. The maximum Gasteiger partial charge on any atom is 0.331 e. The molecule has 35 heavy (non-hydrogen) atoms. The first-order valence-electron chi connectivity index (χ1n) is 11.6. The molecule has 0 bridgehead atoms. The number of hydrogen-bond acceptors (Lipinski definition) is 6. The molecule has 8 heteroatoms. The van der Waals surface area contributed by atoms with E-state index in [-0.39, 0.29) is 12.6 Å². The van der Waals surface area contributed by atoms with Gasteiger partial charge < -0.3 is 28.5 Å². The van der Waals surface area contributed by atoms with Crippen molar-refractivity contribution in [1.29, 1.82) is 0 Å². The number of fused-ring (bicyclic) bond motifs is 1. The highest BCUT2D eigenvalue weighted by Gasteiger charge is 2.39. The summed E-state index contributed by atoms with van der Waals surface area (Å²) in [7, 11) is 7.19. The molecule has 0 aliphatic carbocycles. The molecule has 1 heterocycles. The molecule has 0 radical (unpaired) electrons. The Morgan fingerprint density at radius 2 is 1.71 bits per heavy atom. The van der Waals surface area contributed by atoms with Crippen molar-refractivity contribution in [2.45, 2.75) is 25.3 Å². The van der Waals surface area contributed by atoms with Gasteiger partial charge in [-0.05, 0) is 35.4 Å². The quantitative estimate of drug-likeness (QED) is 0.226. The standard InChI is InChI=1S/C27H33NO7/c1-28(13-5-15-35-27(31)11-10-26(29)30)14-12-20-17-24(33-3)25(34-4)18-22(20)23(28)16-19-6-8-21(32-2)9-7-19/h6-11,17-18,23H,5,12-16H2,1-4H3/p+1/b11-10-. The minimum atomic E-state index is -1.18. The van der Waals surface area contributed by atoms with E-state index in [0.717, 1.165) is 54.1 Å². The Kier molecular flexibility index (Phi) is 8.76. The van der Waals surface area contributed by atoms with Gasteiger partial charge in [-0.2, -0.15) is 0 Å². The van der Waals surface area contributed by atoms with Gasteiger partial charge in [-0.15, -0.1) is 0 Å². The van der Waals surface area contributed by atoms with Crippen LogP contribution in [0, 0.1) is 0 Å². The van der Waals surface area contributed by atoms with Crippen LogP contribution in [0.1, 0.15) is 29.2 Å². The van der Waals surface area contributed by atoms with Gasteiger partial charge in [0.1, 0.15) is 11.8 Å². The van der Waals surface area contributed by atoms with Crippen LogP contribution in [-0.2, 0) is 27.2 Å². The number of esters is 1. The molecule has 1 aliphatic rings. The van der Waals surface area contributed by atoms with Crippen molar-refractivity contribution in [1.82, 2.24) is 0 Å². The Morgan fingerprint density at radius 3 is 2.34 bits per heavy atom. The molecule has 0 saturated heterocycles. The Labute approximate surface area is 206 Å². The largest absolute Gasteiger partial charge is 0.497 e. The number of carbonyl (C=O) groups excluding carboxylic acids is 1. The Bertz CT molecular complexity index is 1060. The maximum absolute atomic E-state index is 11.7. The summed E-state index contributed by atoms with van der Waals surface area (Å²) in [5, 5.41) is 8.65. The number of benzene rings is 2. The summed E-state index contributed by atoms with van der Waals surface area (Å²) in [6, 6.07) is 12.5. The molecule has 0 saturated carbocycles. The Balaban J connectivity index is 1.83. The van der Waals surface area contributed by atoms with Gasteiger partial charge >= 0.3 is 11.9 Å². The zero-order chi connectivity index (χ0) is 25.4. The fourth-order valence-corrected chi connectivity index (χ4v) is 4.70. The third-order valence-corrected chi connectivity index (χ3v) is 6.66.